The standard InChI is InChI=1S/C27H32N4O3/c1-3-18-12-24-22(16-28-14-18)25(31-21-11-7-10-20(13-21)27(33)34-2)23(17-29-24)26(32)30-15-19-8-5-4-6-9-19/h4-6,8-9,14,16-17,20-21H,3,7,10-13,15H2,1-2H3,(H,29,31)(H,30,32). The second-order valence-electron chi connectivity index (χ2n) is 8.90. The summed E-state index contributed by atoms with van der Waals surface area (Å²) in [5, 5.41) is 6.62. The minimum atomic E-state index is -0.191. The highest BCUT2D eigenvalue weighted by Gasteiger charge is 2.30. The van der Waals surface area contributed by atoms with Crippen LogP contribution < -0.4 is 10.6 Å². The molecule has 2 heterocycles. The van der Waals surface area contributed by atoms with Crippen molar-refractivity contribution in [3.8, 4) is 0 Å². The molecular weight excluding hydrogens is 428 g/mol. The van der Waals surface area contributed by atoms with Gasteiger partial charge in [0.25, 0.3) is 5.91 Å². The first-order valence-corrected chi connectivity index (χ1v) is 12.0. The van der Waals surface area contributed by atoms with Crippen LogP contribution >= 0.6 is 0 Å². The number of amides is 1. The van der Waals surface area contributed by atoms with E-state index in [-0.39, 0.29) is 23.8 Å². The fourth-order valence-electron chi connectivity index (χ4n) is 4.65. The monoisotopic (exact) mass is 460 g/mol. The number of aliphatic imine (C=N–C) groups is 1. The van der Waals surface area contributed by atoms with Gasteiger partial charge in [0, 0.05) is 43.2 Å². The number of ether oxygens (including phenoxy) is 1. The summed E-state index contributed by atoms with van der Waals surface area (Å²) >= 11 is 0. The predicted octanol–water partition coefficient (Wildman–Crippen LogP) is 4.42. The molecule has 1 aliphatic carbocycles. The number of allylic oxidation sites excluding steroid dienone is 1. The third-order valence-electron chi connectivity index (χ3n) is 6.61. The van der Waals surface area contributed by atoms with Gasteiger partial charge in [0.15, 0.2) is 0 Å². The fourth-order valence-corrected chi connectivity index (χ4v) is 4.65. The maximum atomic E-state index is 13.3. The molecule has 2 aromatic rings. The first kappa shape index (κ1) is 23.7. The Morgan fingerprint density at radius 1 is 1.18 bits per heavy atom. The van der Waals surface area contributed by atoms with Crippen LogP contribution in [0, 0.1) is 5.92 Å². The third kappa shape index (κ3) is 5.53. The molecule has 178 valence electrons. The number of fused-ring (bicyclic) bond motifs is 1. The maximum absolute atomic E-state index is 13.3. The lowest BCUT2D eigenvalue weighted by atomic mass is 9.85. The van der Waals surface area contributed by atoms with Crippen LogP contribution in [0.15, 0.2) is 53.3 Å². The molecular formula is C27H32N4O3. The molecule has 1 saturated carbocycles. The summed E-state index contributed by atoms with van der Waals surface area (Å²) in [7, 11) is 1.44. The molecule has 7 heteroatoms. The van der Waals surface area contributed by atoms with E-state index in [1.807, 2.05) is 36.5 Å². The largest absolute Gasteiger partial charge is 0.469 e. The number of aromatic nitrogens is 1. The smallest absolute Gasteiger partial charge is 0.308 e. The number of hydrogen-bond acceptors (Lipinski definition) is 6. The van der Waals surface area contributed by atoms with Crippen LogP contribution in [-0.2, 0) is 22.5 Å². The summed E-state index contributed by atoms with van der Waals surface area (Å²) in [5.41, 5.74) is 5.18. The van der Waals surface area contributed by atoms with Crippen molar-refractivity contribution < 1.29 is 14.3 Å². The van der Waals surface area contributed by atoms with Crippen LogP contribution in [0.1, 0.15) is 66.2 Å². The van der Waals surface area contributed by atoms with E-state index < -0.39 is 0 Å². The van der Waals surface area contributed by atoms with Gasteiger partial charge in [-0.3, -0.25) is 19.6 Å². The number of esters is 1. The SMILES string of the molecule is CCC1=CN=Cc2c(ncc(C(=O)NCc3ccccc3)c2NC2CCCC(C(=O)OC)C2)C1. The highest BCUT2D eigenvalue weighted by molar-refractivity contribution is 6.04. The number of nitrogens with zero attached hydrogens (tertiary/aromatic N) is 2. The zero-order valence-electron chi connectivity index (χ0n) is 19.8. The molecule has 4 rings (SSSR count). The van der Waals surface area contributed by atoms with E-state index in [1.54, 1.807) is 12.4 Å². The minimum absolute atomic E-state index is 0.0558. The summed E-state index contributed by atoms with van der Waals surface area (Å²) < 4.78 is 4.99. The van der Waals surface area contributed by atoms with Gasteiger partial charge in [0.1, 0.15) is 0 Å². The average Bonchev–Trinajstić information content (AvgIpc) is 3.10. The van der Waals surface area contributed by atoms with Gasteiger partial charge >= 0.3 is 5.97 Å². The van der Waals surface area contributed by atoms with Crippen molar-refractivity contribution >= 4 is 23.8 Å². The number of carbonyl (C=O) groups excluding carboxylic acids is 2. The predicted molar refractivity (Wildman–Crippen MR) is 133 cm³/mol. The lowest BCUT2D eigenvalue weighted by Crippen LogP contribution is -2.33. The molecule has 1 fully saturated rings. The number of hydrogen-bond donors (Lipinski definition) is 2. The Bertz CT molecular complexity index is 1090. The van der Waals surface area contributed by atoms with E-state index in [0.717, 1.165) is 48.2 Å². The normalized spacial score (nSPS) is 19.4. The van der Waals surface area contributed by atoms with Crippen LogP contribution in [0.2, 0.25) is 0 Å². The van der Waals surface area contributed by atoms with E-state index in [0.29, 0.717) is 24.9 Å². The van der Waals surface area contributed by atoms with Crippen molar-refractivity contribution in [1.82, 2.24) is 10.3 Å². The van der Waals surface area contributed by atoms with Crippen LogP contribution in [0.5, 0.6) is 0 Å². The van der Waals surface area contributed by atoms with Gasteiger partial charge in [-0.25, -0.2) is 0 Å². The topological polar surface area (TPSA) is 92.7 Å². The molecule has 7 nitrogen and oxygen atoms in total. The highest BCUT2D eigenvalue weighted by atomic mass is 16.5. The number of pyridine rings is 1. The van der Waals surface area contributed by atoms with Crippen molar-refractivity contribution in [2.24, 2.45) is 10.9 Å². The van der Waals surface area contributed by atoms with Gasteiger partial charge in [-0.15, -0.1) is 0 Å². The summed E-state index contributed by atoms with van der Waals surface area (Å²) in [5.74, 6) is -0.489. The van der Waals surface area contributed by atoms with Gasteiger partial charge < -0.3 is 15.4 Å². The van der Waals surface area contributed by atoms with Gasteiger partial charge in [0.05, 0.1) is 30.0 Å². The van der Waals surface area contributed by atoms with Gasteiger partial charge in [-0.05, 0) is 36.8 Å². The molecule has 0 spiro atoms. The molecule has 1 aromatic heterocycles. The van der Waals surface area contributed by atoms with E-state index in [9.17, 15) is 9.59 Å². The van der Waals surface area contributed by atoms with Crippen molar-refractivity contribution in [2.75, 3.05) is 12.4 Å². The molecule has 34 heavy (non-hydrogen) atoms. The molecule has 2 N–H and O–H groups in total. The van der Waals surface area contributed by atoms with Crippen LogP contribution in [0.25, 0.3) is 0 Å². The lowest BCUT2D eigenvalue weighted by Gasteiger charge is -2.30. The molecule has 2 unspecified atom stereocenters. The molecule has 0 radical (unpaired) electrons. The Kier molecular flexibility index (Phi) is 7.72. The van der Waals surface area contributed by atoms with Crippen molar-refractivity contribution in [1.29, 1.82) is 0 Å². The molecule has 2 atom stereocenters. The Balaban J connectivity index is 1.62. The molecule has 0 bridgehead atoms. The van der Waals surface area contributed by atoms with E-state index in [1.165, 1.54) is 12.7 Å². The van der Waals surface area contributed by atoms with Crippen molar-refractivity contribution in [3.05, 3.63) is 70.7 Å². The van der Waals surface area contributed by atoms with E-state index in [2.05, 4.69) is 27.5 Å². The molecule has 1 aliphatic heterocycles. The first-order chi connectivity index (χ1) is 16.6. The highest BCUT2D eigenvalue weighted by Crippen LogP contribution is 2.32. The molecule has 0 saturated heterocycles. The Hall–Kier alpha value is -3.48. The summed E-state index contributed by atoms with van der Waals surface area (Å²) in [6.07, 6.45) is 10.3. The minimum Gasteiger partial charge on any atom is -0.469 e. The van der Waals surface area contributed by atoms with Crippen LogP contribution in [-0.4, -0.2) is 36.2 Å². The van der Waals surface area contributed by atoms with Crippen LogP contribution in [0.4, 0.5) is 5.69 Å². The summed E-state index contributed by atoms with van der Waals surface area (Å²) in [4.78, 5) is 34.6. The average molecular weight is 461 g/mol. The van der Waals surface area contributed by atoms with Crippen molar-refractivity contribution in [2.45, 2.75) is 58.0 Å². The Labute approximate surface area is 200 Å². The van der Waals surface area contributed by atoms with Crippen LogP contribution in [0.3, 0.4) is 0 Å². The van der Waals surface area contributed by atoms with E-state index in [4.69, 9.17) is 4.74 Å². The van der Waals surface area contributed by atoms with E-state index >= 15 is 0 Å². The quantitative estimate of drug-likeness (QED) is 0.597. The second-order valence-corrected chi connectivity index (χ2v) is 8.90. The molecule has 1 aromatic carbocycles. The number of carbonyl (C=O) groups is 2. The molecule has 1 amide bonds. The Morgan fingerprint density at radius 3 is 2.76 bits per heavy atom. The number of rotatable bonds is 7. The zero-order chi connectivity index (χ0) is 23.9. The van der Waals surface area contributed by atoms with Gasteiger partial charge in [-0.1, -0.05) is 43.7 Å². The van der Waals surface area contributed by atoms with Gasteiger partial charge in [-0.2, -0.15) is 0 Å². The fraction of sp³-hybridized carbons (Fsp3) is 0.407. The summed E-state index contributed by atoms with van der Waals surface area (Å²) in [6, 6.07) is 9.87. The number of benzene rings is 1. The van der Waals surface area contributed by atoms with Gasteiger partial charge in [0.2, 0.25) is 0 Å². The number of anilines is 1. The third-order valence-corrected chi connectivity index (χ3v) is 6.61. The number of nitrogens with one attached hydrogen (secondary N) is 2. The molecule has 2 aliphatic rings. The Morgan fingerprint density at radius 2 is 2.00 bits per heavy atom. The zero-order valence-corrected chi connectivity index (χ0v) is 19.8. The second kappa shape index (κ2) is 11.1. The van der Waals surface area contributed by atoms with Crippen molar-refractivity contribution in [3.63, 3.8) is 0 Å². The number of methoxy groups -OCH3 is 1. The first-order valence-electron chi connectivity index (χ1n) is 12.0. The maximum Gasteiger partial charge on any atom is 0.308 e. The summed E-state index contributed by atoms with van der Waals surface area (Å²) in [6.45, 7) is 2.53. The lowest BCUT2D eigenvalue weighted by molar-refractivity contribution is -0.146.